The number of carbonyl (C=O) groups excluding carboxylic acids is 1. The fraction of sp³-hybridized carbons (Fsp3) is 0.500. The lowest BCUT2D eigenvalue weighted by atomic mass is 10.0. The molecule has 1 aromatic rings. The summed E-state index contributed by atoms with van der Waals surface area (Å²) in [7, 11) is 0. The van der Waals surface area contributed by atoms with Crippen LogP contribution in [0.4, 0.5) is 10.1 Å². The second kappa shape index (κ2) is 5.56. The van der Waals surface area contributed by atoms with Crippen molar-refractivity contribution in [2.45, 2.75) is 32.6 Å². The van der Waals surface area contributed by atoms with Gasteiger partial charge < -0.3 is 5.32 Å². The predicted molar refractivity (Wildman–Crippen MR) is 72.0 cm³/mol. The van der Waals surface area contributed by atoms with Crippen molar-refractivity contribution in [3.8, 4) is 0 Å². The Hall–Kier alpha value is -1.98. The largest absolute Gasteiger partial charge is 0.351 e. The summed E-state index contributed by atoms with van der Waals surface area (Å²) in [6, 6.07) is 3.20. The molecule has 0 saturated heterocycles. The molecule has 1 saturated carbocycles. The number of benzene rings is 1. The molecule has 0 radical (unpaired) electrons. The molecule has 1 aromatic carbocycles. The summed E-state index contributed by atoms with van der Waals surface area (Å²) < 4.78 is 13.4. The maximum atomic E-state index is 13.4. The van der Waals surface area contributed by atoms with Gasteiger partial charge in [0.1, 0.15) is 0 Å². The van der Waals surface area contributed by atoms with E-state index in [1.807, 2.05) is 0 Å². The topological polar surface area (TPSA) is 72.2 Å². The molecule has 0 bridgehead atoms. The number of halogens is 1. The standard InChI is InChI=1S/C14H17FN2O3/c1-2-5-14(6-7-14)9-16-13(18)10-3-4-12(17(19)20)11(15)8-10/h3-4,8H,2,5-7,9H2,1H3,(H,16,18). The molecule has 108 valence electrons. The molecule has 5 nitrogen and oxygen atoms in total. The number of hydrogen-bond acceptors (Lipinski definition) is 3. The van der Waals surface area contributed by atoms with Crippen molar-refractivity contribution in [1.29, 1.82) is 0 Å². The number of nitrogens with zero attached hydrogens (tertiary/aromatic N) is 1. The molecule has 1 amide bonds. The lowest BCUT2D eigenvalue weighted by Gasteiger charge is -2.14. The highest BCUT2D eigenvalue weighted by molar-refractivity contribution is 5.94. The van der Waals surface area contributed by atoms with Gasteiger partial charge in [0.05, 0.1) is 4.92 Å². The summed E-state index contributed by atoms with van der Waals surface area (Å²) in [5, 5.41) is 13.3. The van der Waals surface area contributed by atoms with Crippen molar-refractivity contribution in [3.05, 3.63) is 39.7 Å². The molecule has 0 spiro atoms. The number of hydrogen-bond donors (Lipinski definition) is 1. The zero-order valence-corrected chi connectivity index (χ0v) is 11.3. The van der Waals surface area contributed by atoms with Gasteiger partial charge in [0.2, 0.25) is 5.82 Å². The lowest BCUT2D eigenvalue weighted by molar-refractivity contribution is -0.387. The second-order valence-corrected chi connectivity index (χ2v) is 5.36. The van der Waals surface area contributed by atoms with Crippen LogP contribution in [0.1, 0.15) is 43.0 Å². The van der Waals surface area contributed by atoms with Crippen LogP contribution in [0, 0.1) is 21.3 Å². The first-order chi connectivity index (χ1) is 9.47. The Bertz CT molecular complexity index is 541. The van der Waals surface area contributed by atoms with Crippen LogP contribution in [0.3, 0.4) is 0 Å². The quantitative estimate of drug-likeness (QED) is 0.643. The van der Waals surface area contributed by atoms with Crippen molar-refractivity contribution in [2.24, 2.45) is 5.41 Å². The molecule has 1 fully saturated rings. The number of nitro groups is 1. The van der Waals surface area contributed by atoms with E-state index < -0.39 is 16.4 Å². The maximum absolute atomic E-state index is 13.4. The van der Waals surface area contributed by atoms with Gasteiger partial charge in [-0.3, -0.25) is 14.9 Å². The Kier molecular flexibility index (Phi) is 4.01. The first-order valence-corrected chi connectivity index (χ1v) is 6.69. The van der Waals surface area contributed by atoms with Crippen LogP contribution in [0.2, 0.25) is 0 Å². The molecule has 6 heteroatoms. The van der Waals surface area contributed by atoms with Crippen molar-refractivity contribution >= 4 is 11.6 Å². The minimum atomic E-state index is -0.989. The molecule has 20 heavy (non-hydrogen) atoms. The van der Waals surface area contributed by atoms with E-state index in [0.29, 0.717) is 6.54 Å². The van der Waals surface area contributed by atoms with E-state index in [9.17, 15) is 19.3 Å². The highest BCUT2D eigenvalue weighted by atomic mass is 19.1. The van der Waals surface area contributed by atoms with E-state index in [-0.39, 0.29) is 16.9 Å². The minimum absolute atomic E-state index is 0.111. The number of rotatable bonds is 6. The van der Waals surface area contributed by atoms with Gasteiger partial charge >= 0.3 is 5.69 Å². The summed E-state index contributed by atoms with van der Waals surface area (Å²) in [6.07, 6.45) is 4.36. The summed E-state index contributed by atoms with van der Waals surface area (Å²) in [5.74, 6) is -1.38. The van der Waals surface area contributed by atoms with Crippen LogP contribution in [0.25, 0.3) is 0 Å². The molecule has 0 atom stereocenters. The zero-order valence-electron chi connectivity index (χ0n) is 11.3. The molecular formula is C14H17FN2O3. The average molecular weight is 280 g/mol. The van der Waals surface area contributed by atoms with Crippen molar-refractivity contribution in [3.63, 3.8) is 0 Å². The fourth-order valence-corrected chi connectivity index (χ4v) is 2.39. The van der Waals surface area contributed by atoms with Gasteiger partial charge in [-0.05, 0) is 36.8 Å². The smallest absolute Gasteiger partial charge is 0.304 e. The van der Waals surface area contributed by atoms with Gasteiger partial charge in [0.25, 0.3) is 5.91 Å². The monoisotopic (exact) mass is 280 g/mol. The van der Waals surface area contributed by atoms with Crippen molar-refractivity contribution in [1.82, 2.24) is 5.32 Å². The molecular weight excluding hydrogens is 263 g/mol. The third-order valence-corrected chi connectivity index (χ3v) is 3.77. The normalized spacial score (nSPS) is 15.7. The lowest BCUT2D eigenvalue weighted by Crippen LogP contribution is -2.30. The molecule has 0 unspecified atom stereocenters. The summed E-state index contributed by atoms with van der Waals surface area (Å²) in [4.78, 5) is 21.6. The van der Waals surface area contributed by atoms with Crippen LogP contribution in [0.5, 0.6) is 0 Å². The van der Waals surface area contributed by atoms with Crippen LogP contribution < -0.4 is 5.32 Å². The average Bonchev–Trinajstić information content (AvgIpc) is 3.16. The Labute approximate surface area is 116 Å². The third kappa shape index (κ3) is 3.12. The van der Waals surface area contributed by atoms with Gasteiger partial charge in [-0.15, -0.1) is 0 Å². The van der Waals surface area contributed by atoms with Crippen LogP contribution in [-0.2, 0) is 0 Å². The highest BCUT2D eigenvalue weighted by Crippen LogP contribution is 2.48. The molecule has 0 aliphatic heterocycles. The predicted octanol–water partition coefficient (Wildman–Crippen LogP) is 3.04. The maximum Gasteiger partial charge on any atom is 0.304 e. The molecule has 1 aliphatic carbocycles. The first kappa shape index (κ1) is 14.4. The van der Waals surface area contributed by atoms with Gasteiger partial charge in [-0.2, -0.15) is 4.39 Å². The van der Waals surface area contributed by atoms with E-state index in [1.165, 1.54) is 6.07 Å². The zero-order chi connectivity index (χ0) is 14.8. The van der Waals surface area contributed by atoms with E-state index in [1.54, 1.807) is 0 Å². The SMILES string of the molecule is CCCC1(CNC(=O)c2ccc([N+](=O)[O-])c(F)c2)CC1. The Balaban J connectivity index is 1.99. The van der Waals surface area contributed by atoms with E-state index in [2.05, 4.69) is 12.2 Å². The molecule has 1 aliphatic rings. The fourth-order valence-electron chi connectivity index (χ4n) is 2.39. The summed E-state index contributed by atoms with van der Waals surface area (Å²) in [6.45, 7) is 2.69. The number of amides is 1. The van der Waals surface area contributed by atoms with Gasteiger partial charge in [-0.1, -0.05) is 13.3 Å². The van der Waals surface area contributed by atoms with E-state index >= 15 is 0 Å². The molecule has 2 rings (SSSR count). The highest BCUT2D eigenvalue weighted by Gasteiger charge is 2.41. The molecule has 1 N–H and O–H groups in total. The van der Waals surface area contributed by atoms with Crippen LogP contribution in [-0.4, -0.2) is 17.4 Å². The van der Waals surface area contributed by atoms with Crippen molar-refractivity contribution in [2.75, 3.05) is 6.54 Å². The summed E-state index contributed by atoms with van der Waals surface area (Å²) in [5.41, 5.74) is -0.296. The van der Waals surface area contributed by atoms with Gasteiger partial charge in [0.15, 0.2) is 0 Å². The molecule has 0 aromatic heterocycles. The van der Waals surface area contributed by atoms with Crippen molar-refractivity contribution < 1.29 is 14.1 Å². The third-order valence-electron chi connectivity index (χ3n) is 3.77. The van der Waals surface area contributed by atoms with E-state index in [4.69, 9.17) is 0 Å². The Morgan fingerprint density at radius 2 is 2.20 bits per heavy atom. The first-order valence-electron chi connectivity index (χ1n) is 6.69. The number of nitro benzene ring substituents is 1. The van der Waals surface area contributed by atoms with Crippen LogP contribution >= 0.6 is 0 Å². The Morgan fingerprint density at radius 3 is 2.70 bits per heavy atom. The van der Waals surface area contributed by atoms with Gasteiger partial charge in [0, 0.05) is 18.2 Å². The van der Waals surface area contributed by atoms with E-state index in [0.717, 1.165) is 37.8 Å². The van der Waals surface area contributed by atoms with Crippen LogP contribution in [0.15, 0.2) is 18.2 Å². The number of carbonyl (C=O) groups is 1. The summed E-state index contributed by atoms with van der Waals surface area (Å²) >= 11 is 0. The number of nitrogens with one attached hydrogen (secondary N) is 1. The second-order valence-electron chi connectivity index (χ2n) is 5.36. The Morgan fingerprint density at radius 1 is 1.50 bits per heavy atom. The minimum Gasteiger partial charge on any atom is -0.351 e. The van der Waals surface area contributed by atoms with Gasteiger partial charge in [-0.25, -0.2) is 0 Å². The molecule has 0 heterocycles.